The Kier molecular flexibility index (Phi) is 6.37. The number of nitro groups is 1. The van der Waals surface area contributed by atoms with Crippen LogP contribution in [0.15, 0.2) is 52.9 Å². The number of anilines is 1. The van der Waals surface area contributed by atoms with E-state index in [-0.39, 0.29) is 26.7 Å². The highest BCUT2D eigenvalue weighted by molar-refractivity contribution is 7.92. The highest BCUT2D eigenvalue weighted by atomic mass is 32.2. The summed E-state index contributed by atoms with van der Waals surface area (Å²) in [6.45, 7) is 1.30. The average Bonchev–Trinajstić information content (AvgIpc) is 3.17. The summed E-state index contributed by atoms with van der Waals surface area (Å²) in [4.78, 5) is 22.4. The van der Waals surface area contributed by atoms with E-state index in [4.69, 9.17) is 4.74 Å². The summed E-state index contributed by atoms with van der Waals surface area (Å²) >= 11 is 0.717. The Morgan fingerprint density at radius 2 is 1.87 bits per heavy atom. The first-order chi connectivity index (χ1) is 14.3. The van der Waals surface area contributed by atoms with E-state index in [0.717, 1.165) is 16.9 Å². The smallest absolute Gasteiger partial charge is 0.310 e. The van der Waals surface area contributed by atoms with Crippen LogP contribution in [0.3, 0.4) is 0 Å². The number of para-hydroxylation sites is 2. The molecule has 0 saturated heterocycles. The Morgan fingerprint density at radius 3 is 2.60 bits per heavy atom. The van der Waals surface area contributed by atoms with Gasteiger partial charge < -0.3 is 4.74 Å². The summed E-state index contributed by atoms with van der Waals surface area (Å²) in [5, 5.41) is 20.7. The first kappa shape index (κ1) is 21.3. The summed E-state index contributed by atoms with van der Waals surface area (Å²) in [6.07, 6.45) is 0. The number of rotatable bonds is 8. The predicted molar refractivity (Wildman–Crippen MR) is 109 cm³/mol. The molecule has 0 bridgehead atoms. The standard InChI is InChI=1S/C18H16N4O6S2/c1-12-6-2-3-7-13(12)11-30(26,27)18-21-20-17(29-18)19-16(23)10-28-15-9-5-4-8-14(15)22(24)25/h2-9H,10-11H2,1H3,(H,19,20,23). The van der Waals surface area contributed by atoms with Crippen molar-refractivity contribution in [2.45, 2.75) is 17.0 Å². The fraction of sp³-hybridized carbons (Fsp3) is 0.167. The molecule has 0 fully saturated rings. The van der Waals surface area contributed by atoms with E-state index >= 15 is 0 Å². The topological polar surface area (TPSA) is 141 Å². The molecular weight excluding hydrogens is 432 g/mol. The number of nitro benzene ring substituents is 1. The zero-order valence-electron chi connectivity index (χ0n) is 15.6. The van der Waals surface area contributed by atoms with Crippen LogP contribution in [0.1, 0.15) is 11.1 Å². The largest absolute Gasteiger partial charge is 0.477 e. The van der Waals surface area contributed by atoms with E-state index in [0.29, 0.717) is 5.56 Å². The zero-order chi connectivity index (χ0) is 21.7. The molecule has 0 aliphatic carbocycles. The molecule has 1 aromatic heterocycles. The summed E-state index contributed by atoms with van der Waals surface area (Å²) < 4.78 is 30.1. The van der Waals surface area contributed by atoms with Gasteiger partial charge in [0.25, 0.3) is 5.91 Å². The van der Waals surface area contributed by atoms with Crippen LogP contribution < -0.4 is 10.1 Å². The van der Waals surface area contributed by atoms with E-state index in [1.54, 1.807) is 12.1 Å². The van der Waals surface area contributed by atoms with E-state index < -0.39 is 27.3 Å². The van der Waals surface area contributed by atoms with Crippen molar-refractivity contribution in [3.63, 3.8) is 0 Å². The van der Waals surface area contributed by atoms with Crippen LogP contribution in [0.5, 0.6) is 5.75 Å². The maximum atomic E-state index is 12.6. The molecule has 30 heavy (non-hydrogen) atoms. The van der Waals surface area contributed by atoms with Gasteiger partial charge in [-0.15, -0.1) is 10.2 Å². The number of nitrogens with one attached hydrogen (secondary N) is 1. The first-order valence-corrected chi connectivity index (χ1v) is 11.0. The molecule has 0 aliphatic rings. The van der Waals surface area contributed by atoms with Crippen molar-refractivity contribution in [2.75, 3.05) is 11.9 Å². The van der Waals surface area contributed by atoms with Crippen LogP contribution >= 0.6 is 11.3 Å². The second-order valence-electron chi connectivity index (χ2n) is 6.12. The van der Waals surface area contributed by atoms with Crippen molar-refractivity contribution >= 4 is 37.9 Å². The number of amides is 1. The van der Waals surface area contributed by atoms with Gasteiger partial charge in [-0.1, -0.05) is 47.7 Å². The van der Waals surface area contributed by atoms with Crippen molar-refractivity contribution in [3.05, 3.63) is 69.8 Å². The molecule has 0 spiro atoms. The number of benzene rings is 2. The maximum Gasteiger partial charge on any atom is 0.310 e. The molecule has 2 aromatic carbocycles. The molecule has 0 atom stereocenters. The number of sulfone groups is 1. The van der Waals surface area contributed by atoms with Crippen LogP contribution in [0.4, 0.5) is 10.8 Å². The van der Waals surface area contributed by atoms with Gasteiger partial charge in [0.05, 0.1) is 10.7 Å². The minimum absolute atomic E-state index is 0.0190. The molecule has 10 nitrogen and oxygen atoms in total. The molecule has 3 rings (SSSR count). The number of carbonyl (C=O) groups excluding carboxylic acids is 1. The van der Waals surface area contributed by atoms with Gasteiger partial charge in [-0.3, -0.25) is 20.2 Å². The number of ether oxygens (including phenoxy) is 1. The van der Waals surface area contributed by atoms with Crippen LogP contribution in [-0.2, 0) is 20.4 Å². The normalized spacial score (nSPS) is 11.1. The Morgan fingerprint density at radius 1 is 1.17 bits per heavy atom. The third-order valence-corrected chi connectivity index (χ3v) is 6.90. The van der Waals surface area contributed by atoms with Gasteiger partial charge in [0.15, 0.2) is 12.4 Å². The van der Waals surface area contributed by atoms with Gasteiger partial charge in [-0.05, 0) is 24.1 Å². The highest BCUT2D eigenvalue weighted by Gasteiger charge is 2.23. The molecule has 0 unspecified atom stereocenters. The fourth-order valence-electron chi connectivity index (χ4n) is 2.45. The number of hydrogen-bond donors (Lipinski definition) is 1. The van der Waals surface area contributed by atoms with E-state index in [1.165, 1.54) is 24.3 Å². The van der Waals surface area contributed by atoms with Gasteiger partial charge in [0.2, 0.25) is 19.3 Å². The Bertz CT molecular complexity index is 1190. The van der Waals surface area contributed by atoms with Gasteiger partial charge >= 0.3 is 5.69 Å². The van der Waals surface area contributed by atoms with Crippen LogP contribution in [0.25, 0.3) is 0 Å². The summed E-state index contributed by atoms with van der Waals surface area (Å²) in [6, 6.07) is 12.7. The lowest BCUT2D eigenvalue weighted by atomic mass is 10.1. The number of hydrogen-bond acceptors (Lipinski definition) is 9. The fourth-order valence-corrected chi connectivity index (χ4v) is 4.89. The lowest BCUT2D eigenvalue weighted by Gasteiger charge is -2.06. The van der Waals surface area contributed by atoms with Crippen molar-refractivity contribution in [1.29, 1.82) is 0 Å². The minimum atomic E-state index is -3.73. The summed E-state index contributed by atoms with van der Waals surface area (Å²) in [5.74, 6) is -0.952. The molecular formula is C18H16N4O6S2. The van der Waals surface area contributed by atoms with E-state index in [9.17, 15) is 23.3 Å². The summed E-state index contributed by atoms with van der Waals surface area (Å²) in [5.41, 5.74) is 1.22. The monoisotopic (exact) mass is 448 g/mol. The van der Waals surface area contributed by atoms with E-state index in [2.05, 4.69) is 15.5 Å². The quantitative estimate of drug-likeness (QED) is 0.315. The van der Waals surface area contributed by atoms with Crippen LogP contribution in [-0.4, -0.2) is 36.1 Å². The molecule has 0 aliphatic heterocycles. The Hall–Kier alpha value is -3.38. The highest BCUT2D eigenvalue weighted by Crippen LogP contribution is 2.26. The molecule has 0 saturated carbocycles. The predicted octanol–water partition coefficient (Wildman–Crippen LogP) is 2.75. The van der Waals surface area contributed by atoms with Gasteiger partial charge in [0.1, 0.15) is 0 Å². The van der Waals surface area contributed by atoms with Gasteiger partial charge in [-0.25, -0.2) is 8.42 Å². The van der Waals surface area contributed by atoms with E-state index in [1.807, 2.05) is 19.1 Å². The number of carbonyl (C=O) groups is 1. The minimum Gasteiger partial charge on any atom is -0.477 e. The molecule has 1 heterocycles. The number of aryl methyl sites for hydroxylation is 1. The molecule has 0 radical (unpaired) electrons. The van der Waals surface area contributed by atoms with Crippen molar-refractivity contribution in [1.82, 2.24) is 10.2 Å². The first-order valence-electron chi connectivity index (χ1n) is 8.53. The third kappa shape index (κ3) is 5.15. The van der Waals surface area contributed by atoms with Crippen molar-refractivity contribution < 1.29 is 22.9 Å². The Balaban J connectivity index is 1.63. The number of aromatic nitrogens is 2. The van der Waals surface area contributed by atoms with Crippen molar-refractivity contribution in [2.24, 2.45) is 0 Å². The second-order valence-corrected chi connectivity index (χ2v) is 9.26. The molecule has 12 heteroatoms. The van der Waals surface area contributed by atoms with Crippen LogP contribution in [0.2, 0.25) is 0 Å². The zero-order valence-corrected chi connectivity index (χ0v) is 17.3. The Labute approximate surface area is 175 Å². The van der Waals surface area contributed by atoms with Crippen LogP contribution in [0, 0.1) is 17.0 Å². The average molecular weight is 448 g/mol. The molecule has 1 N–H and O–H groups in total. The lowest BCUT2D eigenvalue weighted by Crippen LogP contribution is -2.20. The third-order valence-electron chi connectivity index (χ3n) is 3.95. The lowest BCUT2D eigenvalue weighted by molar-refractivity contribution is -0.385. The van der Waals surface area contributed by atoms with Crippen molar-refractivity contribution in [3.8, 4) is 5.75 Å². The number of nitrogens with zero attached hydrogens (tertiary/aromatic N) is 3. The second kappa shape index (κ2) is 8.97. The molecule has 3 aromatic rings. The van der Waals surface area contributed by atoms with Gasteiger partial charge in [-0.2, -0.15) is 0 Å². The maximum absolute atomic E-state index is 12.6. The van der Waals surface area contributed by atoms with Gasteiger partial charge in [0, 0.05) is 6.07 Å². The molecule has 1 amide bonds. The summed E-state index contributed by atoms with van der Waals surface area (Å²) in [7, 11) is -3.73. The molecule has 156 valence electrons. The SMILES string of the molecule is Cc1ccccc1CS(=O)(=O)c1nnc(NC(=O)COc2ccccc2[N+](=O)[O-])s1.